The van der Waals surface area contributed by atoms with E-state index in [9.17, 15) is 4.79 Å². The molecule has 0 atom stereocenters. The third-order valence-electron chi connectivity index (χ3n) is 6.04. The number of rotatable bonds is 5. The number of pyridine rings is 1. The highest BCUT2D eigenvalue weighted by atomic mass is 16.5. The van der Waals surface area contributed by atoms with Crippen LogP contribution >= 0.6 is 0 Å². The molecule has 0 aliphatic heterocycles. The maximum absolute atomic E-state index is 12.7. The standard InChI is InChI=1S/C27H33NO2/c1-27(2,3)30-17-9-15-21-22-13-7-12-20(18-19-10-5-4-6-11-19)25(22)28-26-23(21)14-8-16-24(26)29/h4-6,10-11,18H,7-9,12-17H2,1-3H3/b20-18+. The summed E-state index contributed by atoms with van der Waals surface area (Å²) in [5.41, 5.74) is 8.17. The van der Waals surface area contributed by atoms with Gasteiger partial charge in [-0.1, -0.05) is 30.3 Å². The van der Waals surface area contributed by atoms with Crippen LogP contribution in [0.15, 0.2) is 30.3 Å². The Morgan fingerprint density at radius 2 is 1.67 bits per heavy atom. The van der Waals surface area contributed by atoms with E-state index in [1.165, 1.54) is 27.8 Å². The number of Topliss-reactive ketones (excluding diaryl/α,β-unsaturated/α-hetero) is 1. The predicted octanol–water partition coefficient (Wildman–Crippen LogP) is 6.23. The number of hydrogen-bond donors (Lipinski definition) is 0. The van der Waals surface area contributed by atoms with Crippen molar-refractivity contribution in [1.29, 1.82) is 0 Å². The minimum absolute atomic E-state index is 0.112. The topological polar surface area (TPSA) is 39.2 Å². The fourth-order valence-corrected chi connectivity index (χ4v) is 4.69. The molecule has 0 radical (unpaired) electrons. The average Bonchev–Trinajstić information content (AvgIpc) is 2.71. The van der Waals surface area contributed by atoms with E-state index < -0.39 is 0 Å². The van der Waals surface area contributed by atoms with Gasteiger partial charge in [0.15, 0.2) is 5.78 Å². The SMILES string of the molecule is CC(C)(C)OCCCc1c2c(nc3c1CCC/C3=C\c1ccccc1)C(=O)CCC2. The van der Waals surface area contributed by atoms with E-state index in [2.05, 4.69) is 51.1 Å². The van der Waals surface area contributed by atoms with Gasteiger partial charge in [-0.3, -0.25) is 4.79 Å². The number of hydrogen-bond acceptors (Lipinski definition) is 3. The first kappa shape index (κ1) is 21.0. The molecule has 0 N–H and O–H groups in total. The Balaban J connectivity index is 1.72. The second-order valence-corrected chi connectivity index (χ2v) is 9.52. The van der Waals surface area contributed by atoms with Crippen molar-refractivity contribution in [2.75, 3.05) is 6.61 Å². The fraction of sp³-hybridized carbons (Fsp3) is 0.481. The van der Waals surface area contributed by atoms with Crippen molar-refractivity contribution in [1.82, 2.24) is 4.98 Å². The van der Waals surface area contributed by atoms with Gasteiger partial charge in [0.2, 0.25) is 0 Å². The number of fused-ring (bicyclic) bond motifs is 2. The molecule has 0 bridgehead atoms. The second kappa shape index (κ2) is 8.85. The Bertz CT molecular complexity index is 951. The molecule has 30 heavy (non-hydrogen) atoms. The van der Waals surface area contributed by atoms with Gasteiger partial charge in [0.25, 0.3) is 0 Å². The monoisotopic (exact) mass is 403 g/mol. The molecule has 3 nitrogen and oxygen atoms in total. The van der Waals surface area contributed by atoms with Crippen LogP contribution in [0.25, 0.3) is 11.6 Å². The lowest BCUT2D eigenvalue weighted by Gasteiger charge is -2.28. The van der Waals surface area contributed by atoms with Crippen molar-refractivity contribution >= 4 is 17.4 Å². The molecule has 0 saturated carbocycles. The maximum atomic E-state index is 12.7. The van der Waals surface area contributed by atoms with E-state index in [0.29, 0.717) is 6.42 Å². The van der Waals surface area contributed by atoms with Crippen LogP contribution in [-0.2, 0) is 24.0 Å². The van der Waals surface area contributed by atoms with E-state index in [1.54, 1.807) is 0 Å². The zero-order chi connectivity index (χ0) is 21.1. The molecule has 2 aliphatic carbocycles. The van der Waals surface area contributed by atoms with Crippen molar-refractivity contribution in [3.8, 4) is 0 Å². The van der Waals surface area contributed by atoms with E-state index >= 15 is 0 Å². The number of ether oxygens (including phenoxy) is 1. The van der Waals surface area contributed by atoms with Crippen LogP contribution in [0.3, 0.4) is 0 Å². The Kier molecular flexibility index (Phi) is 6.19. The molecule has 2 aliphatic rings. The Morgan fingerprint density at radius 3 is 2.40 bits per heavy atom. The molecule has 3 heteroatoms. The van der Waals surface area contributed by atoms with Gasteiger partial charge in [-0.15, -0.1) is 0 Å². The van der Waals surface area contributed by atoms with E-state index in [1.807, 2.05) is 6.07 Å². The summed E-state index contributed by atoms with van der Waals surface area (Å²) in [6.45, 7) is 7.05. The number of carbonyl (C=O) groups excluding carboxylic acids is 1. The molecule has 0 fully saturated rings. The molecule has 1 aromatic carbocycles. The third kappa shape index (κ3) is 4.73. The smallest absolute Gasteiger partial charge is 0.181 e. The fourth-order valence-electron chi connectivity index (χ4n) is 4.69. The van der Waals surface area contributed by atoms with E-state index in [-0.39, 0.29) is 11.4 Å². The van der Waals surface area contributed by atoms with Gasteiger partial charge in [0, 0.05) is 13.0 Å². The van der Waals surface area contributed by atoms with Gasteiger partial charge >= 0.3 is 0 Å². The highest BCUT2D eigenvalue weighted by molar-refractivity contribution is 5.98. The van der Waals surface area contributed by atoms with E-state index in [4.69, 9.17) is 9.72 Å². The number of carbonyl (C=O) groups is 1. The quantitative estimate of drug-likeness (QED) is 0.556. The van der Waals surface area contributed by atoms with Crippen molar-refractivity contribution in [3.63, 3.8) is 0 Å². The van der Waals surface area contributed by atoms with Crippen molar-refractivity contribution in [2.24, 2.45) is 0 Å². The number of nitrogens with zero attached hydrogens (tertiary/aromatic N) is 1. The van der Waals surface area contributed by atoms with Crippen LogP contribution in [0.4, 0.5) is 0 Å². The maximum Gasteiger partial charge on any atom is 0.181 e. The van der Waals surface area contributed by atoms with Gasteiger partial charge < -0.3 is 4.74 Å². The average molecular weight is 404 g/mol. The number of benzene rings is 1. The summed E-state index contributed by atoms with van der Waals surface area (Å²) in [4.78, 5) is 17.7. The molecule has 158 valence electrons. The minimum Gasteiger partial charge on any atom is -0.376 e. The largest absolute Gasteiger partial charge is 0.376 e. The molecule has 0 unspecified atom stereocenters. The summed E-state index contributed by atoms with van der Waals surface area (Å²) < 4.78 is 5.97. The molecule has 1 heterocycles. The van der Waals surface area contributed by atoms with Crippen molar-refractivity contribution in [2.45, 2.75) is 77.7 Å². The molecule has 1 aromatic heterocycles. The molecular weight excluding hydrogens is 370 g/mol. The summed E-state index contributed by atoms with van der Waals surface area (Å²) in [6, 6.07) is 10.5. The number of ketones is 1. The summed E-state index contributed by atoms with van der Waals surface area (Å²) in [5, 5.41) is 0. The zero-order valence-electron chi connectivity index (χ0n) is 18.6. The van der Waals surface area contributed by atoms with Gasteiger partial charge in [-0.05, 0) is 99.6 Å². The molecule has 0 amide bonds. The Labute approximate surface area is 180 Å². The van der Waals surface area contributed by atoms with Crippen LogP contribution in [0, 0.1) is 0 Å². The normalized spacial score (nSPS) is 17.7. The van der Waals surface area contributed by atoms with Crippen LogP contribution in [0.2, 0.25) is 0 Å². The predicted molar refractivity (Wildman–Crippen MR) is 123 cm³/mol. The Morgan fingerprint density at radius 1 is 0.967 bits per heavy atom. The first-order valence-corrected chi connectivity index (χ1v) is 11.4. The van der Waals surface area contributed by atoms with Crippen LogP contribution in [0.5, 0.6) is 0 Å². The first-order valence-electron chi connectivity index (χ1n) is 11.4. The number of aromatic nitrogens is 1. The Hall–Kier alpha value is -2.26. The summed E-state index contributed by atoms with van der Waals surface area (Å²) in [5.74, 6) is 0.218. The molecule has 0 spiro atoms. The van der Waals surface area contributed by atoms with Gasteiger partial charge in [-0.2, -0.15) is 0 Å². The van der Waals surface area contributed by atoms with Crippen LogP contribution in [0.1, 0.15) is 91.3 Å². The first-order chi connectivity index (χ1) is 14.4. The van der Waals surface area contributed by atoms with Crippen LogP contribution < -0.4 is 0 Å². The van der Waals surface area contributed by atoms with Gasteiger partial charge in [-0.25, -0.2) is 4.98 Å². The minimum atomic E-state index is -0.112. The zero-order valence-corrected chi connectivity index (χ0v) is 18.6. The summed E-state index contributed by atoms with van der Waals surface area (Å²) >= 11 is 0. The summed E-state index contributed by atoms with van der Waals surface area (Å²) in [7, 11) is 0. The lowest BCUT2D eigenvalue weighted by molar-refractivity contribution is -0.00387. The van der Waals surface area contributed by atoms with Crippen LogP contribution in [-0.4, -0.2) is 23.0 Å². The van der Waals surface area contributed by atoms with Gasteiger partial charge in [0.05, 0.1) is 11.3 Å². The second-order valence-electron chi connectivity index (χ2n) is 9.52. The molecular formula is C27H33NO2. The number of allylic oxidation sites excluding steroid dienone is 1. The summed E-state index contributed by atoms with van der Waals surface area (Å²) in [6.07, 6.45) is 9.99. The molecule has 2 aromatic rings. The van der Waals surface area contributed by atoms with E-state index in [0.717, 1.165) is 62.9 Å². The van der Waals surface area contributed by atoms with Gasteiger partial charge in [0.1, 0.15) is 5.69 Å². The molecule has 4 rings (SSSR count). The van der Waals surface area contributed by atoms with Crippen molar-refractivity contribution in [3.05, 3.63) is 64.0 Å². The lowest BCUT2D eigenvalue weighted by Crippen LogP contribution is -2.22. The third-order valence-corrected chi connectivity index (χ3v) is 6.04. The highest BCUT2D eigenvalue weighted by Gasteiger charge is 2.28. The highest BCUT2D eigenvalue weighted by Crippen LogP contribution is 2.37. The lowest BCUT2D eigenvalue weighted by atomic mass is 9.80. The molecule has 0 saturated heterocycles. The van der Waals surface area contributed by atoms with Crippen molar-refractivity contribution < 1.29 is 9.53 Å².